The van der Waals surface area contributed by atoms with Crippen LogP contribution in [0.15, 0.2) is 91.0 Å². The molecule has 0 aliphatic heterocycles. The third-order valence-electron chi connectivity index (χ3n) is 3.86. The molecule has 0 radical (unpaired) electrons. The zero-order valence-electron chi connectivity index (χ0n) is 11.9. The molecule has 3 aromatic carbocycles. The molecule has 3 rings (SSSR count). The summed E-state index contributed by atoms with van der Waals surface area (Å²) in [5, 5.41) is 4.01. The molecule has 0 aromatic heterocycles. The number of benzene rings is 3. The quantitative estimate of drug-likeness (QED) is 0.735. The molecule has 0 aliphatic rings. The van der Waals surface area contributed by atoms with Crippen LogP contribution in [-0.2, 0) is 0 Å². The van der Waals surface area contributed by atoms with Gasteiger partial charge in [-0.05, 0) is 36.4 Å². The smallest absolute Gasteiger partial charge is 0.126 e. The Hall–Kier alpha value is -1.95. The van der Waals surface area contributed by atoms with Gasteiger partial charge in [0.15, 0.2) is 0 Å². The summed E-state index contributed by atoms with van der Waals surface area (Å²) in [6.45, 7) is 0. The molecule has 0 spiro atoms. The zero-order chi connectivity index (χ0) is 14.5. The van der Waals surface area contributed by atoms with Gasteiger partial charge in [-0.15, -0.1) is 0 Å². The molecule has 104 valence electrons. The van der Waals surface area contributed by atoms with Crippen LogP contribution < -0.4 is 21.6 Å². The van der Waals surface area contributed by atoms with E-state index in [0.717, 1.165) is 0 Å². The van der Waals surface area contributed by atoms with E-state index in [9.17, 15) is 0 Å². The molecule has 1 nitrogen and oxygen atoms in total. The minimum absolute atomic E-state index is 0.644. The predicted octanol–water partition coefficient (Wildman–Crippen LogP) is 2.90. The molecule has 0 bridgehead atoms. The molecule has 0 atom stereocenters. The summed E-state index contributed by atoms with van der Waals surface area (Å²) in [6, 6.07) is 32.1. The van der Waals surface area contributed by atoms with E-state index in [4.69, 9.17) is 5.73 Å². The summed E-state index contributed by atoms with van der Waals surface area (Å²) in [6.07, 6.45) is 0.644. The highest BCUT2D eigenvalue weighted by atomic mass is 31.2. The summed E-state index contributed by atoms with van der Waals surface area (Å²) in [7, 11) is -1.76. The van der Waals surface area contributed by atoms with Gasteiger partial charge in [0.2, 0.25) is 0 Å². The second kappa shape index (κ2) is 6.22. The molecule has 0 fully saturated rings. The van der Waals surface area contributed by atoms with E-state index in [-0.39, 0.29) is 0 Å². The van der Waals surface area contributed by atoms with E-state index < -0.39 is 7.26 Å². The topological polar surface area (TPSA) is 26.0 Å². The molecular weight excluding hydrogens is 273 g/mol. The molecule has 0 saturated carbocycles. The number of hydrogen-bond donors (Lipinski definition) is 1. The van der Waals surface area contributed by atoms with Crippen LogP contribution in [0, 0.1) is 0 Å². The van der Waals surface area contributed by atoms with Gasteiger partial charge in [0.05, 0.1) is 0 Å². The minimum atomic E-state index is -1.76. The fraction of sp³-hybridized carbons (Fsp3) is 0.0526. The first kappa shape index (κ1) is 14.0. The van der Waals surface area contributed by atoms with E-state index in [0.29, 0.717) is 6.29 Å². The fourth-order valence-corrected chi connectivity index (χ4v) is 6.38. The lowest BCUT2D eigenvalue weighted by Crippen LogP contribution is -2.35. The largest absolute Gasteiger partial charge is 0.298 e. The van der Waals surface area contributed by atoms with Gasteiger partial charge in [-0.2, -0.15) is 0 Å². The molecule has 21 heavy (non-hydrogen) atoms. The van der Waals surface area contributed by atoms with Crippen molar-refractivity contribution in [2.75, 3.05) is 6.29 Å². The lowest BCUT2D eigenvalue weighted by Gasteiger charge is -2.25. The van der Waals surface area contributed by atoms with Crippen LogP contribution in [-0.4, -0.2) is 6.29 Å². The summed E-state index contributed by atoms with van der Waals surface area (Å²) in [4.78, 5) is 0. The first-order chi connectivity index (χ1) is 10.4. The molecule has 2 heteroatoms. The zero-order valence-corrected chi connectivity index (χ0v) is 12.8. The Bertz CT molecular complexity index is 584. The molecule has 0 amide bonds. The van der Waals surface area contributed by atoms with Crippen molar-refractivity contribution in [3.63, 3.8) is 0 Å². The van der Waals surface area contributed by atoms with Crippen molar-refractivity contribution in [1.29, 1.82) is 0 Å². The average Bonchev–Trinajstić information content (AvgIpc) is 2.59. The summed E-state index contributed by atoms with van der Waals surface area (Å²) >= 11 is 0. The van der Waals surface area contributed by atoms with Crippen LogP contribution in [0.1, 0.15) is 0 Å². The molecule has 0 saturated heterocycles. The Morgan fingerprint density at radius 2 is 0.810 bits per heavy atom. The Morgan fingerprint density at radius 1 is 0.524 bits per heavy atom. The van der Waals surface area contributed by atoms with Crippen molar-refractivity contribution < 1.29 is 0 Å². The molecule has 0 heterocycles. The Morgan fingerprint density at radius 3 is 1.05 bits per heavy atom. The Balaban J connectivity index is 2.29. The van der Waals surface area contributed by atoms with Crippen LogP contribution in [0.3, 0.4) is 0 Å². The van der Waals surface area contributed by atoms with Crippen molar-refractivity contribution >= 4 is 23.2 Å². The maximum Gasteiger partial charge on any atom is 0.126 e. The highest BCUT2D eigenvalue weighted by Crippen LogP contribution is 2.53. The van der Waals surface area contributed by atoms with Gasteiger partial charge in [0.1, 0.15) is 29.5 Å². The van der Waals surface area contributed by atoms with E-state index in [1.807, 2.05) is 0 Å². The average molecular weight is 292 g/mol. The third-order valence-corrected chi connectivity index (χ3v) is 7.95. The van der Waals surface area contributed by atoms with Crippen LogP contribution in [0.2, 0.25) is 0 Å². The standard InChI is InChI=1S/C19H19NP/c20-16-21(17-10-4-1-5-11-17,18-12-6-2-7-13-18)19-14-8-3-9-15-19/h1-15H,16,20H2/q+1. The van der Waals surface area contributed by atoms with Gasteiger partial charge < -0.3 is 0 Å². The van der Waals surface area contributed by atoms with Crippen molar-refractivity contribution in [3.8, 4) is 0 Å². The van der Waals surface area contributed by atoms with Crippen molar-refractivity contribution in [1.82, 2.24) is 0 Å². The van der Waals surface area contributed by atoms with E-state index in [2.05, 4.69) is 91.0 Å². The third kappa shape index (κ3) is 2.51. The lowest BCUT2D eigenvalue weighted by atomic mass is 10.4. The number of rotatable bonds is 4. The van der Waals surface area contributed by atoms with Gasteiger partial charge in [-0.1, -0.05) is 54.6 Å². The fourth-order valence-electron chi connectivity index (χ4n) is 2.81. The van der Waals surface area contributed by atoms with Crippen LogP contribution in [0.25, 0.3) is 0 Å². The highest BCUT2D eigenvalue weighted by molar-refractivity contribution is 7.95. The number of hydrogen-bond acceptors (Lipinski definition) is 1. The van der Waals surface area contributed by atoms with Crippen LogP contribution in [0.4, 0.5) is 0 Å². The van der Waals surface area contributed by atoms with Crippen molar-refractivity contribution in [3.05, 3.63) is 91.0 Å². The second-order valence-corrected chi connectivity index (χ2v) is 8.53. The number of nitrogens with two attached hydrogens (primary N) is 1. The first-order valence-electron chi connectivity index (χ1n) is 7.13. The van der Waals surface area contributed by atoms with Gasteiger partial charge in [0.25, 0.3) is 0 Å². The van der Waals surface area contributed by atoms with Crippen LogP contribution >= 0.6 is 7.26 Å². The minimum Gasteiger partial charge on any atom is -0.298 e. The first-order valence-corrected chi connectivity index (χ1v) is 9.10. The maximum absolute atomic E-state index is 6.35. The van der Waals surface area contributed by atoms with E-state index in [1.165, 1.54) is 15.9 Å². The lowest BCUT2D eigenvalue weighted by molar-refractivity contribution is 1.37. The normalized spacial score (nSPS) is 11.3. The summed E-state index contributed by atoms with van der Waals surface area (Å²) < 4.78 is 0. The van der Waals surface area contributed by atoms with Gasteiger partial charge in [-0.3, -0.25) is 5.73 Å². The molecule has 0 unspecified atom stereocenters. The monoisotopic (exact) mass is 292 g/mol. The predicted molar refractivity (Wildman–Crippen MR) is 94.2 cm³/mol. The van der Waals surface area contributed by atoms with Crippen molar-refractivity contribution in [2.45, 2.75) is 0 Å². The van der Waals surface area contributed by atoms with Crippen LogP contribution in [0.5, 0.6) is 0 Å². The molecule has 3 aromatic rings. The Labute approximate surface area is 126 Å². The SMILES string of the molecule is NC[P+](c1ccccc1)(c1ccccc1)c1ccccc1. The molecule has 2 N–H and O–H groups in total. The van der Waals surface area contributed by atoms with Crippen molar-refractivity contribution in [2.24, 2.45) is 5.73 Å². The summed E-state index contributed by atoms with van der Waals surface area (Å²) in [5.74, 6) is 0. The van der Waals surface area contributed by atoms with Gasteiger partial charge in [-0.25, -0.2) is 0 Å². The second-order valence-electron chi connectivity index (χ2n) is 5.00. The van der Waals surface area contributed by atoms with E-state index >= 15 is 0 Å². The Kier molecular flexibility index (Phi) is 4.15. The summed E-state index contributed by atoms with van der Waals surface area (Å²) in [5.41, 5.74) is 6.35. The van der Waals surface area contributed by atoms with E-state index in [1.54, 1.807) is 0 Å². The van der Waals surface area contributed by atoms with Gasteiger partial charge in [0, 0.05) is 0 Å². The molecule has 0 aliphatic carbocycles. The highest BCUT2D eigenvalue weighted by Gasteiger charge is 2.43. The van der Waals surface area contributed by atoms with Gasteiger partial charge >= 0.3 is 0 Å². The molecular formula is C19H19NP+. The maximum atomic E-state index is 6.35.